The van der Waals surface area contributed by atoms with Gasteiger partial charge in [0.15, 0.2) is 0 Å². The first kappa shape index (κ1) is 15.9. The maximum atomic E-state index is 12.5. The van der Waals surface area contributed by atoms with E-state index in [0.29, 0.717) is 18.5 Å². The van der Waals surface area contributed by atoms with Crippen molar-refractivity contribution in [2.45, 2.75) is 24.3 Å². The van der Waals surface area contributed by atoms with Crippen molar-refractivity contribution in [3.05, 3.63) is 29.8 Å². The average Bonchev–Trinajstić information content (AvgIpc) is 2.49. The Labute approximate surface area is 124 Å². The molecule has 21 heavy (non-hydrogen) atoms. The number of ether oxygens (including phenoxy) is 1. The van der Waals surface area contributed by atoms with Crippen molar-refractivity contribution in [1.29, 1.82) is 0 Å². The largest absolute Gasteiger partial charge is 0.465 e. The number of hydrogen-bond acceptors (Lipinski definition) is 5. The number of carbonyl (C=O) groups excluding carboxylic acids is 1. The van der Waals surface area contributed by atoms with Gasteiger partial charge in [0, 0.05) is 13.1 Å². The van der Waals surface area contributed by atoms with E-state index in [1.54, 1.807) is 0 Å². The Balaban J connectivity index is 2.22. The Hall–Kier alpha value is -1.44. The molecule has 1 aliphatic heterocycles. The van der Waals surface area contributed by atoms with Crippen LogP contribution in [0.2, 0.25) is 0 Å². The van der Waals surface area contributed by atoms with Gasteiger partial charge in [-0.2, -0.15) is 4.31 Å². The summed E-state index contributed by atoms with van der Waals surface area (Å²) in [7, 11) is -2.38. The number of hydrogen-bond donors (Lipinski definition) is 1. The zero-order valence-electron chi connectivity index (χ0n) is 12.0. The number of benzene rings is 1. The minimum atomic E-state index is -3.65. The van der Waals surface area contributed by atoms with Crippen LogP contribution in [0.1, 0.15) is 23.7 Å². The Morgan fingerprint density at radius 2 is 1.95 bits per heavy atom. The molecule has 0 amide bonds. The van der Waals surface area contributed by atoms with E-state index < -0.39 is 22.1 Å². The van der Waals surface area contributed by atoms with Gasteiger partial charge in [0.05, 0.1) is 23.7 Å². The number of piperidine rings is 1. The van der Waals surface area contributed by atoms with Gasteiger partial charge in [0.25, 0.3) is 0 Å². The van der Waals surface area contributed by atoms with Crippen LogP contribution >= 0.6 is 0 Å². The van der Waals surface area contributed by atoms with E-state index in [4.69, 9.17) is 0 Å². The van der Waals surface area contributed by atoms with Crippen LogP contribution in [-0.4, -0.2) is 50.1 Å². The molecule has 1 aromatic rings. The van der Waals surface area contributed by atoms with Crippen molar-refractivity contribution in [2.75, 3.05) is 20.2 Å². The molecule has 1 aromatic carbocycles. The van der Waals surface area contributed by atoms with Crippen LogP contribution in [0.4, 0.5) is 0 Å². The zero-order valence-corrected chi connectivity index (χ0v) is 12.8. The fraction of sp³-hybridized carbons (Fsp3) is 0.500. The number of β-amino-alcohol motifs (C(OH)–C–C–N with tert-alkyl or cyclic N) is 1. The van der Waals surface area contributed by atoms with Crippen LogP contribution in [0, 0.1) is 5.92 Å². The van der Waals surface area contributed by atoms with Gasteiger partial charge < -0.3 is 9.84 Å². The highest BCUT2D eigenvalue weighted by atomic mass is 32.2. The third kappa shape index (κ3) is 3.25. The maximum absolute atomic E-state index is 12.5. The summed E-state index contributed by atoms with van der Waals surface area (Å²) in [6, 6.07) is 5.60. The molecular formula is C14H19NO5S. The van der Waals surface area contributed by atoms with Crippen molar-refractivity contribution in [3.8, 4) is 0 Å². The molecule has 1 aliphatic rings. The topological polar surface area (TPSA) is 83.9 Å². The summed E-state index contributed by atoms with van der Waals surface area (Å²) in [6.45, 7) is 2.39. The highest BCUT2D eigenvalue weighted by Gasteiger charge is 2.32. The Morgan fingerprint density at radius 1 is 1.33 bits per heavy atom. The summed E-state index contributed by atoms with van der Waals surface area (Å²) in [5.74, 6) is -0.417. The molecule has 1 heterocycles. The summed E-state index contributed by atoms with van der Waals surface area (Å²) in [6.07, 6.45) is -0.0245. The van der Waals surface area contributed by atoms with E-state index in [2.05, 4.69) is 4.74 Å². The van der Waals surface area contributed by atoms with Crippen LogP contribution in [-0.2, 0) is 14.8 Å². The van der Waals surface area contributed by atoms with Crippen LogP contribution in [0.25, 0.3) is 0 Å². The van der Waals surface area contributed by atoms with Crippen LogP contribution in [0.5, 0.6) is 0 Å². The quantitative estimate of drug-likeness (QED) is 0.837. The van der Waals surface area contributed by atoms with E-state index in [-0.39, 0.29) is 17.4 Å². The van der Waals surface area contributed by atoms with Gasteiger partial charge in [-0.15, -0.1) is 0 Å². The third-order valence-electron chi connectivity index (χ3n) is 3.79. The zero-order chi connectivity index (χ0) is 15.6. The SMILES string of the molecule is COC(=O)c1ccc(S(=O)(=O)N2CCC(C)C(O)C2)cc1. The van der Waals surface area contributed by atoms with Gasteiger partial charge in [0.2, 0.25) is 10.0 Å². The van der Waals surface area contributed by atoms with Crippen molar-refractivity contribution in [3.63, 3.8) is 0 Å². The second-order valence-electron chi connectivity index (χ2n) is 5.21. The number of aliphatic hydroxyl groups excluding tert-OH is 1. The molecule has 0 aliphatic carbocycles. The molecule has 0 bridgehead atoms. The number of rotatable bonds is 3. The first-order valence-electron chi connectivity index (χ1n) is 6.73. The first-order valence-corrected chi connectivity index (χ1v) is 8.17. The van der Waals surface area contributed by atoms with Crippen molar-refractivity contribution in [2.24, 2.45) is 5.92 Å². The maximum Gasteiger partial charge on any atom is 0.337 e. The number of sulfonamides is 1. The van der Waals surface area contributed by atoms with Crippen molar-refractivity contribution in [1.82, 2.24) is 4.31 Å². The summed E-state index contributed by atoms with van der Waals surface area (Å²) < 4.78 is 30.8. The minimum Gasteiger partial charge on any atom is -0.465 e. The Kier molecular flexibility index (Phi) is 4.65. The van der Waals surface area contributed by atoms with Gasteiger partial charge in [-0.1, -0.05) is 6.92 Å². The standard InChI is InChI=1S/C14H19NO5S/c1-10-7-8-15(9-13(10)16)21(18,19)12-5-3-11(4-6-12)14(17)20-2/h3-6,10,13,16H,7-9H2,1-2H3. The molecule has 2 rings (SSSR count). The summed E-state index contributed by atoms with van der Waals surface area (Å²) >= 11 is 0. The average molecular weight is 313 g/mol. The van der Waals surface area contributed by atoms with E-state index in [1.165, 1.54) is 35.7 Å². The van der Waals surface area contributed by atoms with E-state index >= 15 is 0 Å². The monoisotopic (exact) mass is 313 g/mol. The molecule has 0 radical (unpaired) electrons. The first-order chi connectivity index (χ1) is 9.86. The molecule has 7 heteroatoms. The smallest absolute Gasteiger partial charge is 0.337 e. The van der Waals surface area contributed by atoms with E-state index in [0.717, 1.165) is 0 Å². The molecular weight excluding hydrogens is 294 g/mol. The predicted molar refractivity (Wildman–Crippen MR) is 76.3 cm³/mol. The molecule has 0 spiro atoms. The highest BCUT2D eigenvalue weighted by Crippen LogP contribution is 2.24. The lowest BCUT2D eigenvalue weighted by Crippen LogP contribution is -2.45. The molecule has 1 N–H and O–H groups in total. The summed E-state index contributed by atoms with van der Waals surface area (Å²) in [4.78, 5) is 11.4. The lowest BCUT2D eigenvalue weighted by atomic mass is 9.98. The lowest BCUT2D eigenvalue weighted by molar-refractivity contribution is 0.0600. The second-order valence-corrected chi connectivity index (χ2v) is 7.15. The van der Waals surface area contributed by atoms with Crippen LogP contribution in [0.15, 0.2) is 29.2 Å². The lowest BCUT2D eigenvalue weighted by Gasteiger charge is -2.33. The predicted octanol–water partition coefficient (Wildman–Crippen LogP) is 0.865. The number of nitrogens with zero attached hydrogens (tertiary/aromatic N) is 1. The summed E-state index contributed by atoms with van der Waals surface area (Å²) in [5.41, 5.74) is 0.295. The van der Waals surface area contributed by atoms with Crippen molar-refractivity contribution < 1.29 is 23.1 Å². The molecule has 2 unspecified atom stereocenters. The molecule has 1 saturated heterocycles. The molecule has 6 nitrogen and oxygen atoms in total. The number of esters is 1. The Bertz CT molecular complexity index is 611. The number of aliphatic hydroxyl groups is 1. The Morgan fingerprint density at radius 3 is 2.48 bits per heavy atom. The third-order valence-corrected chi connectivity index (χ3v) is 5.67. The van der Waals surface area contributed by atoms with Gasteiger partial charge in [-0.05, 0) is 36.6 Å². The van der Waals surface area contributed by atoms with Crippen LogP contribution < -0.4 is 0 Å². The molecule has 0 aromatic heterocycles. The molecule has 116 valence electrons. The highest BCUT2D eigenvalue weighted by molar-refractivity contribution is 7.89. The summed E-state index contributed by atoms with van der Waals surface area (Å²) in [5, 5.41) is 9.84. The minimum absolute atomic E-state index is 0.0955. The van der Waals surface area contributed by atoms with Gasteiger partial charge in [0.1, 0.15) is 0 Å². The number of carbonyl (C=O) groups is 1. The fourth-order valence-corrected chi connectivity index (χ4v) is 3.74. The fourth-order valence-electron chi connectivity index (χ4n) is 2.27. The molecule has 1 fully saturated rings. The van der Waals surface area contributed by atoms with E-state index in [1.807, 2.05) is 6.92 Å². The van der Waals surface area contributed by atoms with E-state index in [9.17, 15) is 18.3 Å². The normalized spacial score (nSPS) is 23.8. The second kappa shape index (κ2) is 6.13. The van der Waals surface area contributed by atoms with Crippen molar-refractivity contribution >= 4 is 16.0 Å². The van der Waals surface area contributed by atoms with Gasteiger partial charge in [-0.3, -0.25) is 0 Å². The number of methoxy groups -OCH3 is 1. The molecule has 2 atom stereocenters. The van der Waals surface area contributed by atoms with Gasteiger partial charge >= 0.3 is 5.97 Å². The van der Waals surface area contributed by atoms with Crippen LogP contribution in [0.3, 0.4) is 0 Å². The molecule has 0 saturated carbocycles. The van der Waals surface area contributed by atoms with Gasteiger partial charge in [-0.25, -0.2) is 13.2 Å².